The van der Waals surface area contributed by atoms with Crippen LogP contribution in [0, 0.1) is 0 Å². The molecular weight excluding hydrogens is 398 g/mol. The highest BCUT2D eigenvalue weighted by atomic mass is 35.5. The van der Waals surface area contributed by atoms with Gasteiger partial charge in [-0.25, -0.2) is 9.78 Å². The number of carbonyl (C=O) groups excluding carboxylic acids is 1. The summed E-state index contributed by atoms with van der Waals surface area (Å²) in [4.78, 5) is 30.0. The highest BCUT2D eigenvalue weighted by Crippen LogP contribution is 2.22. The van der Waals surface area contributed by atoms with Crippen LogP contribution in [0.2, 0.25) is 5.28 Å². The second kappa shape index (κ2) is 7.48. The van der Waals surface area contributed by atoms with Crippen LogP contribution >= 0.6 is 11.6 Å². The molecule has 1 N–H and O–H groups in total. The van der Waals surface area contributed by atoms with Gasteiger partial charge in [-0.15, -0.1) is 0 Å². The van der Waals surface area contributed by atoms with Crippen LogP contribution in [0.25, 0.3) is 11.0 Å². The summed E-state index contributed by atoms with van der Waals surface area (Å²) in [5, 5.41) is 9.37. The third kappa shape index (κ3) is 3.74. The predicted molar refractivity (Wildman–Crippen MR) is 104 cm³/mol. The van der Waals surface area contributed by atoms with E-state index in [0.29, 0.717) is 27.9 Å². The largest absolute Gasteiger partial charge is 0.475 e. The number of furan rings is 2. The Bertz CT molecular complexity index is 1190. The van der Waals surface area contributed by atoms with Crippen LogP contribution in [0.3, 0.4) is 0 Å². The molecule has 0 fully saturated rings. The molecule has 0 saturated carbocycles. The molecule has 0 radical (unpaired) electrons. The number of fused-ring (bicyclic) bond motifs is 1. The van der Waals surface area contributed by atoms with Gasteiger partial charge >= 0.3 is 5.97 Å². The fourth-order valence-corrected chi connectivity index (χ4v) is 3.22. The summed E-state index contributed by atoms with van der Waals surface area (Å²) in [5.74, 6) is -0.694. The first-order chi connectivity index (χ1) is 13.9. The zero-order valence-electron chi connectivity index (χ0n) is 15.3. The molecule has 3 heterocycles. The summed E-state index contributed by atoms with van der Waals surface area (Å²) in [5.41, 5.74) is 1.83. The van der Waals surface area contributed by atoms with E-state index in [4.69, 9.17) is 25.5 Å². The number of aryl methyl sites for hydroxylation is 1. The molecule has 0 spiro atoms. The van der Waals surface area contributed by atoms with Gasteiger partial charge in [0.25, 0.3) is 5.91 Å². The van der Waals surface area contributed by atoms with Crippen LogP contribution in [-0.2, 0) is 20.1 Å². The number of nitrogens with zero attached hydrogens (tertiary/aromatic N) is 3. The SMILES string of the molecule is Cn1c(Cl)nc2cc(C(=O)N(Cc3ccco3)Cc3ccc(C(=O)O)o3)ccc21. The zero-order valence-corrected chi connectivity index (χ0v) is 16.1. The Hall–Kier alpha value is -3.52. The predicted octanol–water partition coefficient (Wildman–Crippen LogP) is 3.95. The number of carboxylic acid groups (broad SMARTS) is 1. The number of carboxylic acids is 1. The van der Waals surface area contributed by atoms with E-state index in [1.165, 1.54) is 23.3 Å². The number of aromatic nitrogens is 2. The van der Waals surface area contributed by atoms with Gasteiger partial charge in [0.15, 0.2) is 0 Å². The Morgan fingerprint density at radius 2 is 1.97 bits per heavy atom. The van der Waals surface area contributed by atoms with Gasteiger partial charge in [-0.3, -0.25) is 4.79 Å². The summed E-state index contributed by atoms with van der Waals surface area (Å²) in [7, 11) is 1.79. The number of carbonyl (C=O) groups is 2. The molecule has 0 aliphatic rings. The summed E-state index contributed by atoms with van der Waals surface area (Å²) in [6, 6.07) is 11.5. The Balaban J connectivity index is 1.65. The topological polar surface area (TPSA) is 102 Å². The molecular formula is C20H16ClN3O5. The Morgan fingerprint density at radius 1 is 1.17 bits per heavy atom. The molecule has 0 atom stereocenters. The van der Waals surface area contributed by atoms with Crippen molar-refractivity contribution in [1.29, 1.82) is 0 Å². The van der Waals surface area contributed by atoms with Crippen molar-refractivity contribution >= 4 is 34.5 Å². The molecule has 29 heavy (non-hydrogen) atoms. The van der Waals surface area contributed by atoms with Crippen LogP contribution in [0.5, 0.6) is 0 Å². The van der Waals surface area contributed by atoms with Gasteiger partial charge < -0.3 is 23.4 Å². The lowest BCUT2D eigenvalue weighted by molar-refractivity contribution is 0.0653. The second-order valence-electron chi connectivity index (χ2n) is 6.46. The normalized spacial score (nSPS) is 11.1. The van der Waals surface area contributed by atoms with E-state index in [1.54, 1.807) is 41.9 Å². The van der Waals surface area contributed by atoms with Crippen molar-refractivity contribution in [3.05, 3.63) is 76.9 Å². The lowest BCUT2D eigenvalue weighted by Gasteiger charge is -2.20. The van der Waals surface area contributed by atoms with Crippen LogP contribution in [-0.4, -0.2) is 31.4 Å². The quantitative estimate of drug-likeness (QED) is 0.513. The third-order valence-corrected chi connectivity index (χ3v) is 4.84. The number of aromatic carboxylic acids is 1. The van der Waals surface area contributed by atoms with Crippen molar-refractivity contribution in [2.45, 2.75) is 13.1 Å². The molecule has 3 aromatic heterocycles. The lowest BCUT2D eigenvalue weighted by Crippen LogP contribution is -2.29. The average Bonchev–Trinajstić information content (AvgIpc) is 3.43. The molecule has 0 bridgehead atoms. The van der Waals surface area contributed by atoms with Crippen LogP contribution in [0.1, 0.15) is 32.4 Å². The molecule has 1 amide bonds. The molecule has 0 aliphatic carbocycles. The van der Waals surface area contributed by atoms with E-state index in [-0.39, 0.29) is 24.8 Å². The summed E-state index contributed by atoms with van der Waals surface area (Å²) in [6.07, 6.45) is 1.52. The number of hydrogen-bond donors (Lipinski definition) is 1. The first kappa shape index (κ1) is 18.8. The van der Waals surface area contributed by atoms with Crippen molar-refractivity contribution < 1.29 is 23.5 Å². The van der Waals surface area contributed by atoms with Gasteiger partial charge in [0.2, 0.25) is 11.0 Å². The number of benzene rings is 1. The van der Waals surface area contributed by atoms with E-state index >= 15 is 0 Å². The van der Waals surface area contributed by atoms with E-state index in [0.717, 1.165) is 5.52 Å². The minimum Gasteiger partial charge on any atom is -0.475 e. The molecule has 0 saturated heterocycles. The highest BCUT2D eigenvalue weighted by molar-refractivity contribution is 6.29. The molecule has 1 aromatic carbocycles. The Kier molecular flexibility index (Phi) is 4.85. The van der Waals surface area contributed by atoms with E-state index < -0.39 is 5.97 Å². The molecule has 8 nitrogen and oxygen atoms in total. The molecule has 4 rings (SSSR count). The Morgan fingerprint density at radius 3 is 2.66 bits per heavy atom. The van der Waals surface area contributed by atoms with Crippen molar-refractivity contribution in [3.63, 3.8) is 0 Å². The molecule has 148 valence electrons. The van der Waals surface area contributed by atoms with Crippen LogP contribution in [0.15, 0.2) is 57.6 Å². The minimum atomic E-state index is -1.17. The fourth-order valence-electron chi connectivity index (χ4n) is 3.04. The van der Waals surface area contributed by atoms with Crippen molar-refractivity contribution in [3.8, 4) is 0 Å². The molecule has 4 aromatic rings. The average molecular weight is 414 g/mol. The Labute approximate surface area is 169 Å². The second-order valence-corrected chi connectivity index (χ2v) is 6.79. The standard InChI is InChI=1S/C20H16ClN3O5/c1-23-16-6-4-12(9-15(16)22-20(23)21)18(25)24(10-13-3-2-8-28-13)11-14-5-7-17(29-14)19(26)27/h2-9H,10-11H2,1H3,(H,26,27). The molecule has 0 aliphatic heterocycles. The van der Waals surface area contributed by atoms with Gasteiger partial charge in [-0.05, 0) is 54.1 Å². The fraction of sp³-hybridized carbons (Fsp3) is 0.150. The lowest BCUT2D eigenvalue weighted by atomic mass is 10.1. The van der Waals surface area contributed by atoms with Gasteiger partial charge in [-0.1, -0.05) is 0 Å². The maximum Gasteiger partial charge on any atom is 0.371 e. The van der Waals surface area contributed by atoms with Gasteiger partial charge in [0.1, 0.15) is 11.5 Å². The smallest absolute Gasteiger partial charge is 0.371 e. The van der Waals surface area contributed by atoms with Crippen LogP contribution < -0.4 is 0 Å². The summed E-state index contributed by atoms with van der Waals surface area (Å²) >= 11 is 6.06. The first-order valence-corrected chi connectivity index (χ1v) is 9.06. The van der Waals surface area contributed by atoms with E-state index in [1.807, 2.05) is 0 Å². The van der Waals surface area contributed by atoms with Crippen molar-refractivity contribution in [2.24, 2.45) is 7.05 Å². The maximum absolute atomic E-state index is 13.2. The number of rotatable bonds is 6. The van der Waals surface area contributed by atoms with E-state index in [9.17, 15) is 9.59 Å². The van der Waals surface area contributed by atoms with Gasteiger partial charge in [-0.2, -0.15) is 0 Å². The number of hydrogen-bond acceptors (Lipinski definition) is 5. The summed E-state index contributed by atoms with van der Waals surface area (Å²) < 4.78 is 12.4. The van der Waals surface area contributed by atoms with Crippen molar-refractivity contribution in [1.82, 2.24) is 14.5 Å². The van der Waals surface area contributed by atoms with Crippen LogP contribution in [0.4, 0.5) is 0 Å². The number of amides is 1. The minimum absolute atomic E-state index is 0.0772. The summed E-state index contributed by atoms with van der Waals surface area (Å²) in [6.45, 7) is 0.268. The van der Waals surface area contributed by atoms with Crippen molar-refractivity contribution in [2.75, 3.05) is 0 Å². The highest BCUT2D eigenvalue weighted by Gasteiger charge is 2.21. The molecule has 0 unspecified atom stereocenters. The van der Waals surface area contributed by atoms with Gasteiger partial charge in [0.05, 0.1) is 30.4 Å². The van der Waals surface area contributed by atoms with Gasteiger partial charge in [0, 0.05) is 12.6 Å². The number of imidazole rings is 1. The monoisotopic (exact) mass is 413 g/mol. The number of halogens is 1. The third-order valence-electron chi connectivity index (χ3n) is 4.51. The maximum atomic E-state index is 13.2. The molecule has 9 heteroatoms. The first-order valence-electron chi connectivity index (χ1n) is 8.68. The zero-order chi connectivity index (χ0) is 20.5. The van der Waals surface area contributed by atoms with E-state index in [2.05, 4.69) is 4.98 Å².